The Labute approximate surface area is 177 Å². The van der Waals surface area contributed by atoms with Gasteiger partial charge in [-0.2, -0.15) is 0 Å². The maximum absolute atomic E-state index is 5.61. The highest BCUT2D eigenvalue weighted by atomic mass is 127. The summed E-state index contributed by atoms with van der Waals surface area (Å²) < 4.78 is 5.61. The summed E-state index contributed by atoms with van der Waals surface area (Å²) in [6.07, 6.45) is 3.10. The molecule has 1 aliphatic heterocycles. The number of benzene rings is 1. The van der Waals surface area contributed by atoms with E-state index in [-0.39, 0.29) is 29.4 Å². The number of nitrogens with one attached hydrogen (secondary N) is 2. The molecule has 0 amide bonds. The van der Waals surface area contributed by atoms with E-state index in [9.17, 15) is 0 Å². The molecule has 0 spiro atoms. The summed E-state index contributed by atoms with van der Waals surface area (Å²) in [5.74, 6) is 0.873. The van der Waals surface area contributed by atoms with Gasteiger partial charge in [0.05, 0.1) is 0 Å². The lowest BCUT2D eigenvalue weighted by Crippen LogP contribution is -2.48. The topological polar surface area (TPSA) is 45.7 Å². The van der Waals surface area contributed by atoms with Crippen LogP contribution in [0.3, 0.4) is 0 Å². The number of ether oxygens (including phenoxy) is 1. The molecule has 0 radical (unpaired) electrons. The van der Waals surface area contributed by atoms with Crippen LogP contribution in [0.2, 0.25) is 0 Å². The molecule has 1 saturated heterocycles. The van der Waals surface area contributed by atoms with Crippen molar-refractivity contribution >= 4 is 41.3 Å². The van der Waals surface area contributed by atoms with Gasteiger partial charge in [-0.05, 0) is 36.3 Å². The van der Waals surface area contributed by atoms with Crippen LogP contribution >= 0.6 is 35.3 Å². The summed E-state index contributed by atoms with van der Waals surface area (Å²) >= 11 is 1.80. The van der Waals surface area contributed by atoms with Gasteiger partial charge in [-0.25, -0.2) is 0 Å². The Hall–Kier alpha value is -1.12. The third kappa shape index (κ3) is 5.69. The zero-order chi connectivity index (χ0) is 17.4. The monoisotopic (exact) mass is 485 g/mol. The van der Waals surface area contributed by atoms with Crippen LogP contribution in [0.5, 0.6) is 0 Å². The van der Waals surface area contributed by atoms with Gasteiger partial charge in [0.25, 0.3) is 0 Å². The predicted octanol–water partition coefficient (Wildman–Crippen LogP) is 3.82. The minimum absolute atomic E-state index is 0. The van der Waals surface area contributed by atoms with Crippen molar-refractivity contribution < 1.29 is 4.74 Å². The van der Waals surface area contributed by atoms with Gasteiger partial charge in [0.15, 0.2) is 5.96 Å². The molecule has 3 rings (SSSR count). The molecule has 142 valence electrons. The zero-order valence-corrected chi connectivity index (χ0v) is 18.4. The van der Waals surface area contributed by atoms with Crippen molar-refractivity contribution in [1.82, 2.24) is 10.6 Å². The second kappa shape index (κ2) is 10.9. The normalized spacial score (nSPS) is 16.6. The van der Waals surface area contributed by atoms with Crippen LogP contribution in [0.4, 0.5) is 0 Å². The van der Waals surface area contributed by atoms with Crippen molar-refractivity contribution in [3.8, 4) is 0 Å². The molecule has 6 heteroatoms. The van der Waals surface area contributed by atoms with Crippen LogP contribution in [0.25, 0.3) is 0 Å². The highest BCUT2D eigenvalue weighted by Gasteiger charge is 2.34. The van der Waals surface area contributed by atoms with E-state index in [1.165, 1.54) is 10.4 Å². The molecule has 4 nitrogen and oxygen atoms in total. The molecule has 2 aromatic rings. The maximum atomic E-state index is 5.61. The summed E-state index contributed by atoms with van der Waals surface area (Å²) in [5.41, 5.74) is 1.50. The Kier molecular flexibility index (Phi) is 8.87. The summed E-state index contributed by atoms with van der Waals surface area (Å²) in [4.78, 5) is 5.78. The van der Waals surface area contributed by atoms with E-state index in [1.807, 2.05) is 7.05 Å². The van der Waals surface area contributed by atoms with Crippen LogP contribution in [0, 0.1) is 0 Å². The van der Waals surface area contributed by atoms with Gasteiger partial charge in [-0.1, -0.05) is 36.4 Å². The number of hydrogen-bond donors (Lipinski definition) is 2. The Balaban J connectivity index is 0.00000243. The van der Waals surface area contributed by atoms with E-state index in [2.05, 4.69) is 63.5 Å². The Morgan fingerprint density at radius 2 is 1.88 bits per heavy atom. The molecule has 2 heterocycles. The van der Waals surface area contributed by atoms with Crippen LogP contribution in [0.15, 0.2) is 52.8 Å². The molecule has 0 atom stereocenters. The highest BCUT2D eigenvalue weighted by molar-refractivity contribution is 14.0. The lowest BCUT2D eigenvalue weighted by atomic mass is 9.74. The van der Waals surface area contributed by atoms with Crippen molar-refractivity contribution in [2.24, 2.45) is 4.99 Å². The lowest BCUT2D eigenvalue weighted by Gasteiger charge is -2.38. The molecule has 1 aliphatic rings. The molecular formula is C20H28IN3OS. The number of halogens is 1. The first-order valence-corrected chi connectivity index (χ1v) is 9.80. The molecule has 2 N–H and O–H groups in total. The van der Waals surface area contributed by atoms with Gasteiger partial charge in [0, 0.05) is 43.6 Å². The van der Waals surface area contributed by atoms with E-state index in [0.29, 0.717) is 0 Å². The summed E-state index contributed by atoms with van der Waals surface area (Å²) in [6.45, 7) is 3.41. The molecule has 0 aliphatic carbocycles. The quantitative estimate of drug-likeness (QED) is 0.372. The predicted molar refractivity (Wildman–Crippen MR) is 121 cm³/mol. The first-order chi connectivity index (χ1) is 12.3. The average molecular weight is 485 g/mol. The van der Waals surface area contributed by atoms with Crippen molar-refractivity contribution in [2.75, 3.05) is 33.4 Å². The molecule has 0 saturated carbocycles. The molecule has 0 bridgehead atoms. The fourth-order valence-electron chi connectivity index (χ4n) is 3.35. The summed E-state index contributed by atoms with van der Waals surface area (Å²) in [6, 6.07) is 15.1. The van der Waals surface area contributed by atoms with Crippen molar-refractivity contribution in [2.45, 2.75) is 24.7 Å². The summed E-state index contributed by atoms with van der Waals surface area (Å²) in [7, 11) is 1.83. The van der Waals surface area contributed by atoms with Crippen LogP contribution < -0.4 is 10.6 Å². The van der Waals surface area contributed by atoms with E-state index in [1.54, 1.807) is 11.3 Å². The molecular weight excluding hydrogens is 457 g/mol. The van der Waals surface area contributed by atoms with Crippen molar-refractivity contribution in [3.05, 3.63) is 58.3 Å². The van der Waals surface area contributed by atoms with E-state index >= 15 is 0 Å². The van der Waals surface area contributed by atoms with Gasteiger partial charge in [0.1, 0.15) is 0 Å². The first kappa shape index (κ1) is 21.2. The van der Waals surface area contributed by atoms with Gasteiger partial charge in [-0.15, -0.1) is 35.3 Å². The van der Waals surface area contributed by atoms with Gasteiger partial charge in [-0.3, -0.25) is 4.99 Å². The molecule has 1 aromatic carbocycles. The fourth-order valence-corrected chi connectivity index (χ4v) is 4.06. The first-order valence-electron chi connectivity index (χ1n) is 8.93. The second-order valence-electron chi connectivity index (χ2n) is 6.44. The largest absolute Gasteiger partial charge is 0.381 e. The third-order valence-electron chi connectivity index (χ3n) is 4.90. The number of nitrogens with zero attached hydrogens (tertiary/aromatic N) is 1. The van der Waals surface area contributed by atoms with E-state index in [0.717, 1.165) is 51.5 Å². The van der Waals surface area contributed by atoms with Gasteiger partial charge >= 0.3 is 0 Å². The second-order valence-corrected chi connectivity index (χ2v) is 7.47. The van der Waals surface area contributed by atoms with Crippen LogP contribution in [-0.2, 0) is 16.6 Å². The SMILES string of the molecule is CN=C(NCCc1cccs1)NCC1(c2ccccc2)CCOCC1.I. The minimum Gasteiger partial charge on any atom is -0.381 e. The standard InChI is InChI=1S/C20H27N3OS.HI/c1-21-19(22-12-9-18-8-5-15-25-18)23-16-20(10-13-24-14-11-20)17-6-3-2-4-7-17;/h2-8,15H,9-14,16H2,1H3,(H2,21,22,23);1H. The average Bonchev–Trinajstić information content (AvgIpc) is 3.19. The Morgan fingerprint density at radius 3 is 2.54 bits per heavy atom. The molecule has 0 unspecified atom stereocenters. The van der Waals surface area contributed by atoms with Crippen LogP contribution in [0.1, 0.15) is 23.3 Å². The zero-order valence-electron chi connectivity index (χ0n) is 15.2. The number of aliphatic imine (C=N–C) groups is 1. The highest BCUT2D eigenvalue weighted by Crippen LogP contribution is 2.34. The number of thiophene rings is 1. The minimum atomic E-state index is 0. The third-order valence-corrected chi connectivity index (χ3v) is 5.83. The fraction of sp³-hybridized carbons (Fsp3) is 0.450. The van der Waals surface area contributed by atoms with E-state index in [4.69, 9.17) is 4.74 Å². The maximum Gasteiger partial charge on any atom is 0.191 e. The summed E-state index contributed by atoms with van der Waals surface area (Å²) in [5, 5.41) is 9.10. The molecule has 26 heavy (non-hydrogen) atoms. The Morgan fingerprint density at radius 1 is 1.12 bits per heavy atom. The lowest BCUT2D eigenvalue weighted by molar-refractivity contribution is 0.0514. The van der Waals surface area contributed by atoms with Crippen LogP contribution in [-0.4, -0.2) is 39.3 Å². The smallest absolute Gasteiger partial charge is 0.191 e. The van der Waals surface area contributed by atoms with Gasteiger partial charge in [0.2, 0.25) is 0 Å². The van der Waals surface area contributed by atoms with Gasteiger partial charge < -0.3 is 15.4 Å². The van der Waals surface area contributed by atoms with E-state index < -0.39 is 0 Å². The molecule has 1 aromatic heterocycles. The molecule has 1 fully saturated rings. The number of rotatable bonds is 6. The Bertz CT molecular complexity index is 655. The number of hydrogen-bond acceptors (Lipinski definition) is 3. The van der Waals surface area contributed by atoms with Crippen molar-refractivity contribution in [3.63, 3.8) is 0 Å². The number of guanidine groups is 1. The van der Waals surface area contributed by atoms with Crippen molar-refractivity contribution in [1.29, 1.82) is 0 Å².